The average molecular weight is 314 g/mol. The van der Waals surface area contributed by atoms with Crippen LogP contribution < -0.4 is 5.32 Å². The largest absolute Gasteiger partial charge is 0.309 e. The Balaban J connectivity index is 2.56. The second-order valence-corrected chi connectivity index (χ2v) is 4.51. The summed E-state index contributed by atoms with van der Waals surface area (Å²) >= 11 is 3.05. The molecule has 6 heteroatoms. The number of rotatable bonds is 3. The van der Waals surface area contributed by atoms with Crippen LogP contribution in [0, 0.1) is 11.6 Å². The van der Waals surface area contributed by atoms with Gasteiger partial charge in [0.2, 0.25) is 0 Å². The number of halogens is 3. The van der Waals surface area contributed by atoms with Crippen LogP contribution >= 0.6 is 15.9 Å². The lowest BCUT2D eigenvalue weighted by Gasteiger charge is -2.18. The van der Waals surface area contributed by atoms with Crippen molar-refractivity contribution < 1.29 is 8.78 Å². The molecular weight excluding hydrogens is 304 g/mol. The number of hydrogen-bond acceptors (Lipinski definition) is 3. The molecule has 0 fully saturated rings. The molecule has 0 saturated carbocycles. The maximum atomic E-state index is 14.0. The van der Waals surface area contributed by atoms with Crippen LogP contribution in [0.3, 0.4) is 0 Å². The summed E-state index contributed by atoms with van der Waals surface area (Å²) in [6.45, 7) is 0. The molecule has 1 heterocycles. The Kier molecular flexibility index (Phi) is 3.98. The van der Waals surface area contributed by atoms with Crippen molar-refractivity contribution in [3.05, 3.63) is 57.8 Å². The summed E-state index contributed by atoms with van der Waals surface area (Å²) in [5, 5.41) is 10.2. The Hall–Kier alpha value is -1.40. The van der Waals surface area contributed by atoms with Gasteiger partial charge in [-0.25, -0.2) is 8.78 Å². The van der Waals surface area contributed by atoms with Gasteiger partial charge in [-0.2, -0.15) is 10.2 Å². The smallest absolute Gasteiger partial charge is 0.145 e. The minimum absolute atomic E-state index is 0.0418. The van der Waals surface area contributed by atoms with Gasteiger partial charge < -0.3 is 5.32 Å². The second kappa shape index (κ2) is 5.49. The summed E-state index contributed by atoms with van der Waals surface area (Å²) in [7, 11) is 1.63. The highest BCUT2D eigenvalue weighted by atomic mass is 79.9. The van der Waals surface area contributed by atoms with Gasteiger partial charge in [0.05, 0.1) is 16.7 Å². The molecular formula is C12H10BrF2N3. The third-order valence-corrected chi connectivity index (χ3v) is 3.21. The van der Waals surface area contributed by atoms with Gasteiger partial charge >= 0.3 is 0 Å². The average Bonchev–Trinajstić information content (AvgIpc) is 2.40. The molecule has 0 aliphatic rings. The zero-order valence-electron chi connectivity index (χ0n) is 9.49. The Morgan fingerprint density at radius 1 is 1.22 bits per heavy atom. The number of aromatic nitrogens is 2. The van der Waals surface area contributed by atoms with Gasteiger partial charge in [0.15, 0.2) is 0 Å². The van der Waals surface area contributed by atoms with Gasteiger partial charge in [-0.1, -0.05) is 0 Å². The molecule has 1 unspecified atom stereocenters. The van der Waals surface area contributed by atoms with Gasteiger partial charge in [0.25, 0.3) is 0 Å². The standard InChI is InChI=1S/C12H10BrF2N3/c1-16-12(7-4-5-17-18-6-7)10-9(14)3-2-8(13)11(10)15/h2-6,12,16H,1H3. The van der Waals surface area contributed by atoms with E-state index in [4.69, 9.17) is 0 Å². The quantitative estimate of drug-likeness (QED) is 0.885. The van der Waals surface area contributed by atoms with Gasteiger partial charge in [-0.15, -0.1) is 0 Å². The Bertz CT molecular complexity index is 549. The fourth-order valence-electron chi connectivity index (χ4n) is 1.76. The van der Waals surface area contributed by atoms with Crippen LogP contribution in [0.5, 0.6) is 0 Å². The molecule has 1 aromatic heterocycles. The first-order chi connectivity index (χ1) is 8.65. The van der Waals surface area contributed by atoms with E-state index < -0.39 is 17.7 Å². The fraction of sp³-hybridized carbons (Fsp3) is 0.167. The first-order valence-corrected chi connectivity index (χ1v) is 6.01. The molecule has 18 heavy (non-hydrogen) atoms. The monoisotopic (exact) mass is 313 g/mol. The van der Waals surface area contributed by atoms with Crippen molar-refractivity contribution in [3.8, 4) is 0 Å². The molecule has 94 valence electrons. The van der Waals surface area contributed by atoms with E-state index in [0.717, 1.165) is 0 Å². The van der Waals surface area contributed by atoms with Crippen LogP contribution in [-0.4, -0.2) is 17.2 Å². The Labute approximate surface area is 111 Å². The van der Waals surface area contributed by atoms with E-state index in [1.807, 2.05) is 0 Å². The number of hydrogen-bond donors (Lipinski definition) is 1. The van der Waals surface area contributed by atoms with Gasteiger partial charge in [-0.3, -0.25) is 0 Å². The summed E-state index contributed by atoms with van der Waals surface area (Å²) < 4.78 is 28.1. The topological polar surface area (TPSA) is 37.8 Å². The molecule has 0 aliphatic heterocycles. The normalized spacial score (nSPS) is 12.4. The van der Waals surface area contributed by atoms with E-state index in [0.29, 0.717) is 5.56 Å². The molecule has 0 bridgehead atoms. The van der Waals surface area contributed by atoms with Crippen molar-refractivity contribution in [2.75, 3.05) is 7.05 Å². The molecule has 1 atom stereocenters. The number of nitrogens with one attached hydrogen (secondary N) is 1. The molecule has 0 amide bonds. The molecule has 2 rings (SSSR count). The lowest BCUT2D eigenvalue weighted by molar-refractivity contribution is 0.517. The maximum Gasteiger partial charge on any atom is 0.145 e. The molecule has 0 saturated heterocycles. The molecule has 1 aromatic carbocycles. The van der Waals surface area contributed by atoms with E-state index in [9.17, 15) is 8.78 Å². The molecule has 0 aliphatic carbocycles. The highest BCUT2D eigenvalue weighted by molar-refractivity contribution is 9.10. The van der Waals surface area contributed by atoms with Crippen molar-refractivity contribution in [1.29, 1.82) is 0 Å². The van der Waals surface area contributed by atoms with Crippen molar-refractivity contribution >= 4 is 15.9 Å². The minimum Gasteiger partial charge on any atom is -0.309 e. The van der Waals surface area contributed by atoms with Crippen molar-refractivity contribution in [3.63, 3.8) is 0 Å². The third-order valence-electron chi connectivity index (χ3n) is 2.60. The molecule has 1 N–H and O–H groups in total. The van der Waals surface area contributed by atoms with Crippen molar-refractivity contribution in [1.82, 2.24) is 15.5 Å². The zero-order chi connectivity index (χ0) is 13.1. The molecule has 2 aromatic rings. The SMILES string of the molecule is CNC(c1ccnnc1)c1c(F)ccc(Br)c1F. The molecule has 0 radical (unpaired) electrons. The lowest BCUT2D eigenvalue weighted by atomic mass is 9.99. The van der Waals surface area contributed by atoms with E-state index in [-0.39, 0.29) is 10.0 Å². The first-order valence-electron chi connectivity index (χ1n) is 5.22. The van der Waals surface area contributed by atoms with Gasteiger partial charge in [0, 0.05) is 11.8 Å². The predicted molar refractivity (Wildman–Crippen MR) is 67.0 cm³/mol. The van der Waals surface area contributed by atoms with Gasteiger partial charge in [-0.05, 0) is 46.7 Å². The van der Waals surface area contributed by atoms with E-state index in [2.05, 4.69) is 31.4 Å². The van der Waals surface area contributed by atoms with Crippen LogP contribution in [0.15, 0.2) is 35.1 Å². The summed E-state index contributed by atoms with van der Waals surface area (Å²) in [5.74, 6) is -1.22. The van der Waals surface area contributed by atoms with E-state index in [1.54, 1.807) is 13.1 Å². The summed E-state index contributed by atoms with van der Waals surface area (Å²) in [5.41, 5.74) is 0.600. The zero-order valence-corrected chi connectivity index (χ0v) is 11.1. The number of nitrogens with zero attached hydrogens (tertiary/aromatic N) is 2. The predicted octanol–water partition coefficient (Wildman–Crippen LogP) is 2.83. The summed E-state index contributed by atoms with van der Waals surface area (Å²) in [6, 6.07) is 3.61. The van der Waals surface area contributed by atoms with Crippen LogP contribution in [-0.2, 0) is 0 Å². The molecule has 0 spiro atoms. The summed E-state index contributed by atoms with van der Waals surface area (Å²) in [4.78, 5) is 0. The minimum atomic E-state index is -0.619. The first kappa shape index (κ1) is 13.0. The van der Waals surface area contributed by atoms with Crippen molar-refractivity contribution in [2.45, 2.75) is 6.04 Å². The Morgan fingerprint density at radius 3 is 2.61 bits per heavy atom. The highest BCUT2D eigenvalue weighted by Crippen LogP contribution is 2.30. The Morgan fingerprint density at radius 2 is 2.00 bits per heavy atom. The highest BCUT2D eigenvalue weighted by Gasteiger charge is 2.22. The van der Waals surface area contributed by atoms with E-state index >= 15 is 0 Å². The lowest BCUT2D eigenvalue weighted by Crippen LogP contribution is -2.21. The summed E-state index contributed by atoms with van der Waals surface area (Å²) in [6.07, 6.45) is 2.95. The van der Waals surface area contributed by atoms with Crippen LogP contribution in [0.4, 0.5) is 8.78 Å². The number of benzene rings is 1. The van der Waals surface area contributed by atoms with E-state index in [1.165, 1.54) is 24.5 Å². The molecule has 3 nitrogen and oxygen atoms in total. The van der Waals surface area contributed by atoms with Crippen LogP contribution in [0.2, 0.25) is 0 Å². The van der Waals surface area contributed by atoms with Gasteiger partial charge in [0.1, 0.15) is 11.6 Å². The fourth-order valence-corrected chi connectivity index (χ4v) is 2.10. The van der Waals surface area contributed by atoms with Crippen LogP contribution in [0.1, 0.15) is 17.2 Å². The maximum absolute atomic E-state index is 14.0. The second-order valence-electron chi connectivity index (χ2n) is 3.65. The van der Waals surface area contributed by atoms with Crippen LogP contribution in [0.25, 0.3) is 0 Å². The van der Waals surface area contributed by atoms with Crippen molar-refractivity contribution in [2.24, 2.45) is 0 Å². The third kappa shape index (κ3) is 2.39.